The summed E-state index contributed by atoms with van der Waals surface area (Å²) in [6.07, 6.45) is 1.56. The molecule has 1 N–H and O–H groups in total. The van der Waals surface area contributed by atoms with Crippen LogP contribution in [0.4, 0.5) is 4.39 Å². The first-order valence-electron chi connectivity index (χ1n) is 6.93. The van der Waals surface area contributed by atoms with E-state index in [2.05, 4.69) is 4.98 Å². The number of hydrogen-bond acceptors (Lipinski definition) is 5. The fourth-order valence-corrected chi connectivity index (χ4v) is 2.74. The summed E-state index contributed by atoms with van der Waals surface area (Å²) in [5, 5.41) is 7.53. The van der Waals surface area contributed by atoms with Gasteiger partial charge in [-0.1, -0.05) is 0 Å². The Bertz CT molecular complexity index is 929. The van der Waals surface area contributed by atoms with E-state index in [9.17, 15) is 8.60 Å². The molecular formula is C17H13FN2O3S. The lowest BCUT2D eigenvalue weighted by atomic mass is 10.2. The van der Waals surface area contributed by atoms with Crippen molar-refractivity contribution in [1.82, 2.24) is 4.98 Å². The molecule has 1 aromatic heterocycles. The van der Waals surface area contributed by atoms with Crippen LogP contribution in [0.25, 0.3) is 10.9 Å². The molecule has 0 amide bonds. The highest BCUT2D eigenvalue weighted by Crippen LogP contribution is 2.32. The minimum atomic E-state index is -1.46. The van der Waals surface area contributed by atoms with Gasteiger partial charge >= 0.3 is 0 Å². The molecule has 1 heterocycles. The van der Waals surface area contributed by atoms with Crippen molar-refractivity contribution in [3.63, 3.8) is 0 Å². The van der Waals surface area contributed by atoms with E-state index in [-0.39, 0.29) is 5.75 Å². The van der Waals surface area contributed by atoms with E-state index in [1.54, 1.807) is 36.5 Å². The summed E-state index contributed by atoms with van der Waals surface area (Å²) >= 11 is 0. The molecule has 0 aliphatic rings. The molecular weight excluding hydrogens is 331 g/mol. The monoisotopic (exact) mass is 344 g/mol. The van der Waals surface area contributed by atoms with Crippen LogP contribution in [0.5, 0.6) is 17.2 Å². The predicted molar refractivity (Wildman–Crippen MR) is 90.0 cm³/mol. The average Bonchev–Trinajstić information content (AvgIpc) is 2.61. The Labute approximate surface area is 140 Å². The number of nitrogens with one attached hydrogen (secondary N) is 1. The number of fused-ring (bicyclic) bond motifs is 1. The first kappa shape index (κ1) is 16.1. The number of halogens is 1. The lowest BCUT2D eigenvalue weighted by Crippen LogP contribution is -1.93. The highest BCUT2D eigenvalue weighted by Gasteiger charge is 2.11. The van der Waals surface area contributed by atoms with Crippen molar-refractivity contribution in [1.29, 1.82) is 5.41 Å². The number of methoxy groups -OCH3 is 1. The zero-order valence-corrected chi connectivity index (χ0v) is 13.5. The molecule has 0 saturated heterocycles. The molecule has 0 saturated carbocycles. The van der Waals surface area contributed by atoms with Crippen LogP contribution in [-0.4, -0.2) is 21.8 Å². The molecule has 2 aromatic carbocycles. The molecule has 0 fully saturated rings. The van der Waals surface area contributed by atoms with Gasteiger partial charge < -0.3 is 9.47 Å². The van der Waals surface area contributed by atoms with Crippen molar-refractivity contribution >= 4 is 27.2 Å². The van der Waals surface area contributed by atoms with Gasteiger partial charge in [-0.2, -0.15) is 0 Å². The molecule has 3 rings (SSSR count). The van der Waals surface area contributed by atoms with Gasteiger partial charge in [-0.3, -0.25) is 10.4 Å². The van der Waals surface area contributed by atoms with Crippen LogP contribution in [0, 0.1) is 11.2 Å². The number of aromatic nitrogens is 1. The Morgan fingerprint density at radius 3 is 2.58 bits per heavy atom. The molecule has 1 atom stereocenters. The van der Waals surface area contributed by atoms with Gasteiger partial charge in [-0.25, -0.2) is 8.60 Å². The van der Waals surface area contributed by atoms with E-state index < -0.39 is 16.6 Å². The van der Waals surface area contributed by atoms with E-state index in [1.165, 1.54) is 19.2 Å². The number of hydrogen-bond donors (Lipinski definition) is 1. The summed E-state index contributed by atoms with van der Waals surface area (Å²) in [6, 6.07) is 11.0. The molecule has 122 valence electrons. The summed E-state index contributed by atoms with van der Waals surface area (Å²) < 4.78 is 36.2. The van der Waals surface area contributed by atoms with E-state index >= 15 is 0 Å². The Morgan fingerprint density at radius 1 is 1.17 bits per heavy atom. The van der Waals surface area contributed by atoms with Gasteiger partial charge in [0.05, 0.1) is 29.0 Å². The van der Waals surface area contributed by atoms with Crippen molar-refractivity contribution < 1.29 is 18.1 Å². The number of ether oxygens (including phenoxy) is 2. The molecule has 3 aromatic rings. The van der Waals surface area contributed by atoms with Crippen LogP contribution in [-0.2, 0) is 10.8 Å². The number of nitrogens with zero attached hydrogens (tertiary/aromatic N) is 1. The molecule has 0 radical (unpaired) electrons. The van der Waals surface area contributed by atoms with Crippen LogP contribution < -0.4 is 9.47 Å². The van der Waals surface area contributed by atoms with E-state index in [0.717, 1.165) is 5.55 Å². The Kier molecular flexibility index (Phi) is 4.52. The fraction of sp³-hybridized carbons (Fsp3) is 0.0588. The molecule has 0 aliphatic carbocycles. The molecule has 5 nitrogen and oxygen atoms in total. The lowest BCUT2D eigenvalue weighted by Gasteiger charge is -2.10. The summed E-state index contributed by atoms with van der Waals surface area (Å²) in [5.74, 6) is 0.567. The molecule has 0 bridgehead atoms. The van der Waals surface area contributed by atoms with Gasteiger partial charge in [0, 0.05) is 22.5 Å². The summed E-state index contributed by atoms with van der Waals surface area (Å²) in [4.78, 5) is 4.70. The van der Waals surface area contributed by atoms with Crippen LogP contribution >= 0.6 is 0 Å². The van der Waals surface area contributed by atoms with E-state index in [4.69, 9.17) is 14.9 Å². The first-order valence-corrected chi connectivity index (χ1v) is 8.15. The predicted octanol–water partition coefficient (Wildman–Crippen LogP) is 3.89. The maximum absolute atomic E-state index is 14.0. The van der Waals surface area contributed by atoms with Gasteiger partial charge in [-0.15, -0.1) is 0 Å². The van der Waals surface area contributed by atoms with E-state index in [0.29, 0.717) is 27.3 Å². The standard InChI is InChI=1S/C17H13FN2O3S/c1-22-17-9-15-13(8-14(17)18)16(6-7-20-15)23-11-2-4-12(5-3-11)24(21)10-19/h2-10,19H,1H3. The second-order valence-corrected chi connectivity index (χ2v) is 6.10. The van der Waals surface area contributed by atoms with Crippen LogP contribution in [0.1, 0.15) is 0 Å². The molecule has 7 heteroatoms. The maximum atomic E-state index is 14.0. The number of benzene rings is 2. The highest BCUT2D eigenvalue weighted by atomic mass is 32.2. The smallest absolute Gasteiger partial charge is 0.165 e. The summed E-state index contributed by atoms with van der Waals surface area (Å²) in [6.45, 7) is 0. The normalized spacial score (nSPS) is 11.9. The van der Waals surface area contributed by atoms with Gasteiger partial charge in [0.15, 0.2) is 11.6 Å². The van der Waals surface area contributed by atoms with Crippen molar-refractivity contribution in [2.45, 2.75) is 4.90 Å². The largest absolute Gasteiger partial charge is 0.494 e. The summed E-state index contributed by atoms with van der Waals surface area (Å²) in [5.41, 5.74) is 1.41. The Hall–Kier alpha value is -2.80. The Morgan fingerprint density at radius 2 is 1.92 bits per heavy atom. The first-order chi connectivity index (χ1) is 11.6. The second kappa shape index (κ2) is 6.76. The van der Waals surface area contributed by atoms with Crippen molar-refractivity contribution in [2.75, 3.05) is 7.11 Å². The average molecular weight is 344 g/mol. The molecule has 24 heavy (non-hydrogen) atoms. The quantitative estimate of drug-likeness (QED) is 0.563. The van der Waals surface area contributed by atoms with Gasteiger partial charge in [0.1, 0.15) is 11.5 Å². The van der Waals surface area contributed by atoms with Gasteiger partial charge in [0.2, 0.25) is 0 Å². The lowest BCUT2D eigenvalue weighted by molar-refractivity contribution is 0.387. The molecule has 1 unspecified atom stereocenters. The minimum absolute atomic E-state index is 0.116. The van der Waals surface area contributed by atoms with Gasteiger partial charge in [-0.05, 0) is 36.4 Å². The highest BCUT2D eigenvalue weighted by molar-refractivity contribution is 7.98. The van der Waals surface area contributed by atoms with Crippen LogP contribution in [0.3, 0.4) is 0 Å². The number of pyridine rings is 1. The molecule has 0 spiro atoms. The van der Waals surface area contributed by atoms with Crippen LogP contribution in [0.2, 0.25) is 0 Å². The third-order valence-electron chi connectivity index (χ3n) is 3.37. The SMILES string of the molecule is COc1cc2nccc(Oc3ccc(S(=O)C=N)cc3)c2cc1F. The van der Waals surface area contributed by atoms with Crippen LogP contribution in [0.15, 0.2) is 53.6 Å². The topological polar surface area (TPSA) is 72.3 Å². The number of rotatable bonds is 5. The maximum Gasteiger partial charge on any atom is 0.165 e. The fourth-order valence-electron chi connectivity index (χ4n) is 2.20. The van der Waals surface area contributed by atoms with Crippen molar-refractivity contribution in [3.8, 4) is 17.2 Å². The van der Waals surface area contributed by atoms with Crippen molar-refractivity contribution in [2.24, 2.45) is 0 Å². The van der Waals surface area contributed by atoms with E-state index in [1.807, 2.05) is 0 Å². The molecule has 0 aliphatic heterocycles. The zero-order chi connectivity index (χ0) is 17.1. The Balaban J connectivity index is 1.96. The third-order valence-corrected chi connectivity index (χ3v) is 4.32. The summed E-state index contributed by atoms with van der Waals surface area (Å²) in [7, 11) is -0.0684. The zero-order valence-electron chi connectivity index (χ0n) is 12.7. The van der Waals surface area contributed by atoms with Gasteiger partial charge in [0.25, 0.3) is 0 Å². The second-order valence-electron chi connectivity index (χ2n) is 4.80. The third kappa shape index (κ3) is 3.11. The minimum Gasteiger partial charge on any atom is -0.494 e. The van der Waals surface area contributed by atoms with Crippen molar-refractivity contribution in [3.05, 3.63) is 54.5 Å².